The fourth-order valence-electron chi connectivity index (χ4n) is 1.80. The average molecular weight is 184 g/mol. The van der Waals surface area contributed by atoms with Crippen molar-refractivity contribution in [2.45, 2.75) is 32.1 Å². The number of hydrogen-bond acceptors (Lipinski definition) is 2. The van der Waals surface area contributed by atoms with Crippen LogP contribution < -0.4 is 11.1 Å². The summed E-state index contributed by atoms with van der Waals surface area (Å²) in [4.78, 5) is 11.1. The Labute approximate surface area is 80.1 Å². The van der Waals surface area contributed by atoms with Gasteiger partial charge in [0.1, 0.15) is 0 Å². The van der Waals surface area contributed by atoms with E-state index in [0.717, 1.165) is 19.4 Å². The van der Waals surface area contributed by atoms with Gasteiger partial charge in [-0.05, 0) is 31.7 Å². The van der Waals surface area contributed by atoms with E-state index in [2.05, 4.69) is 5.32 Å². The molecule has 0 bridgehead atoms. The smallest absolute Gasteiger partial charge is 0.223 e. The van der Waals surface area contributed by atoms with Crippen LogP contribution in [0.25, 0.3) is 0 Å². The third-order valence-corrected chi connectivity index (χ3v) is 2.78. The Hall–Kier alpha value is -0.570. The average Bonchev–Trinajstić information content (AvgIpc) is 2.91. The molecule has 1 saturated carbocycles. The first kappa shape index (κ1) is 10.5. The van der Waals surface area contributed by atoms with Crippen molar-refractivity contribution >= 4 is 5.91 Å². The Balaban J connectivity index is 1.98. The zero-order valence-corrected chi connectivity index (χ0v) is 8.38. The number of amides is 1. The lowest BCUT2D eigenvalue weighted by Crippen LogP contribution is -2.20. The lowest BCUT2D eigenvalue weighted by Gasteiger charge is -1.99. The molecule has 1 rings (SSSR count). The predicted octanol–water partition coefficient (Wildman–Crippen LogP) is 0.888. The van der Waals surface area contributed by atoms with Gasteiger partial charge in [-0.1, -0.05) is 12.8 Å². The van der Waals surface area contributed by atoms with Gasteiger partial charge in [0.2, 0.25) is 5.91 Å². The summed E-state index contributed by atoms with van der Waals surface area (Å²) in [6, 6.07) is 0. The molecule has 0 radical (unpaired) electrons. The van der Waals surface area contributed by atoms with E-state index >= 15 is 0 Å². The summed E-state index contributed by atoms with van der Waals surface area (Å²) in [5.74, 6) is 1.21. The van der Waals surface area contributed by atoms with Crippen LogP contribution in [-0.2, 0) is 4.79 Å². The summed E-state index contributed by atoms with van der Waals surface area (Å²) < 4.78 is 0. The van der Waals surface area contributed by atoms with Crippen molar-refractivity contribution in [3.63, 3.8) is 0 Å². The molecule has 2 atom stereocenters. The number of unbranched alkanes of at least 4 members (excludes halogenated alkanes) is 2. The zero-order valence-electron chi connectivity index (χ0n) is 8.38. The summed E-state index contributed by atoms with van der Waals surface area (Å²) in [6.07, 6.45) is 5.88. The van der Waals surface area contributed by atoms with E-state index in [0.29, 0.717) is 11.8 Å². The second kappa shape index (κ2) is 5.22. The molecule has 3 N–H and O–H groups in total. The maximum atomic E-state index is 11.1. The minimum Gasteiger partial charge on any atom is -0.359 e. The Morgan fingerprint density at radius 3 is 2.85 bits per heavy atom. The summed E-state index contributed by atoms with van der Waals surface area (Å²) in [5.41, 5.74) is 5.39. The summed E-state index contributed by atoms with van der Waals surface area (Å²) in [6.45, 7) is 0.795. The van der Waals surface area contributed by atoms with Crippen molar-refractivity contribution in [3.05, 3.63) is 0 Å². The third-order valence-electron chi connectivity index (χ3n) is 2.78. The van der Waals surface area contributed by atoms with E-state index in [9.17, 15) is 4.79 Å². The number of carbonyl (C=O) groups is 1. The first-order valence-corrected chi connectivity index (χ1v) is 5.21. The molecule has 0 heterocycles. The van der Waals surface area contributed by atoms with Gasteiger partial charge < -0.3 is 11.1 Å². The number of carbonyl (C=O) groups excluding carboxylic acids is 1. The second-order valence-electron chi connectivity index (χ2n) is 3.85. The van der Waals surface area contributed by atoms with Gasteiger partial charge in [-0.3, -0.25) is 4.79 Å². The van der Waals surface area contributed by atoms with Gasteiger partial charge in [0.25, 0.3) is 0 Å². The maximum Gasteiger partial charge on any atom is 0.223 e. The van der Waals surface area contributed by atoms with Crippen molar-refractivity contribution in [2.24, 2.45) is 17.6 Å². The minimum absolute atomic E-state index is 0.226. The molecule has 0 spiro atoms. The Bertz CT molecular complexity index is 170. The number of hydrogen-bond donors (Lipinski definition) is 2. The third kappa shape index (κ3) is 3.35. The van der Waals surface area contributed by atoms with Gasteiger partial charge in [-0.15, -0.1) is 0 Å². The van der Waals surface area contributed by atoms with Crippen LogP contribution in [0.3, 0.4) is 0 Å². The van der Waals surface area contributed by atoms with Gasteiger partial charge in [-0.25, -0.2) is 0 Å². The SMILES string of the molecule is CNC(=O)[C@@H]1C[C@H]1CCCCCN. The lowest BCUT2D eigenvalue weighted by molar-refractivity contribution is -0.122. The van der Waals surface area contributed by atoms with Gasteiger partial charge in [-0.2, -0.15) is 0 Å². The fourth-order valence-corrected chi connectivity index (χ4v) is 1.80. The molecule has 0 aliphatic heterocycles. The maximum absolute atomic E-state index is 11.1. The highest BCUT2D eigenvalue weighted by Gasteiger charge is 2.41. The summed E-state index contributed by atoms with van der Waals surface area (Å²) in [7, 11) is 1.71. The first-order chi connectivity index (χ1) is 6.29. The molecular weight excluding hydrogens is 164 g/mol. The minimum atomic E-state index is 0.226. The van der Waals surface area contributed by atoms with Crippen molar-refractivity contribution < 1.29 is 4.79 Å². The van der Waals surface area contributed by atoms with E-state index in [1.54, 1.807) is 7.05 Å². The van der Waals surface area contributed by atoms with Crippen LogP contribution in [-0.4, -0.2) is 19.5 Å². The Kier molecular flexibility index (Phi) is 4.22. The zero-order chi connectivity index (χ0) is 9.68. The molecule has 1 aliphatic rings. The highest BCUT2D eigenvalue weighted by atomic mass is 16.1. The summed E-state index contributed by atoms with van der Waals surface area (Å²) in [5, 5.41) is 2.70. The van der Waals surface area contributed by atoms with Crippen molar-refractivity contribution in [2.75, 3.05) is 13.6 Å². The number of nitrogens with one attached hydrogen (secondary N) is 1. The van der Waals surface area contributed by atoms with E-state index < -0.39 is 0 Å². The molecule has 76 valence electrons. The van der Waals surface area contributed by atoms with Gasteiger partial charge in [0, 0.05) is 13.0 Å². The second-order valence-corrected chi connectivity index (χ2v) is 3.85. The first-order valence-electron chi connectivity index (χ1n) is 5.21. The molecule has 0 unspecified atom stereocenters. The van der Waals surface area contributed by atoms with E-state index in [4.69, 9.17) is 5.73 Å². The quantitative estimate of drug-likeness (QED) is 0.602. The van der Waals surface area contributed by atoms with Crippen LogP contribution in [0.5, 0.6) is 0 Å². The molecule has 13 heavy (non-hydrogen) atoms. The van der Waals surface area contributed by atoms with Crippen LogP contribution in [0.2, 0.25) is 0 Å². The van der Waals surface area contributed by atoms with Crippen molar-refractivity contribution in [1.82, 2.24) is 5.32 Å². The van der Waals surface area contributed by atoms with Gasteiger partial charge in [0.15, 0.2) is 0 Å². The molecule has 0 aromatic heterocycles. The normalized spacial score (nSPS) is 25.7. The number of nitrogens with two attached hydrogens (primary N) is 1. The molecule has 0 aromatic carbocycles. The topological polar surface area (TPSA) is 55.1 Å². The molecular formula is C10H20N2O. The Morgan fingerprint density at radius 2 is 2.23 bits per heavy atom. The molecule has 3 nitrogen and oxygen atoms in total. The fraction of sp³-hybridized carbons (Fsp3) is 0.900. The standard InChI is InChI=1S/C10H20N2O/c1-12-10(13)9-7-8(9)5-3-2-4-6-11/h8-9H,2-7,11H2,1H3,(H,12,13)/t8-,9-/m1/s1. The predicted molar refractivity (Wildman–Crippen MR) is 53.2 cm³/mol. The lowest BCUT2D eigenvalue weighted by atomic mass is 10.1. The van der Waals surface area contributed by atoms with Gasteiger partial charge in [0.05, 0.1) is 0 Å². The largest absolute Gasteiger partial charge is 0.359 e. The highest BCUT2D eigenvalue weighted by Crippen LogP contribution is 2.42. The molecule has 1 aliphatic carbocycles. The van der Waals surface area contributed by atoms with Crippen LogP contribution >= 0.6 is 0 Å². The van der Waals surface area contributed by atoms with Crippen LogP contribution in [0.1, 0.15) is 32.1 Å². The van der Waals surface area contributed by atoms with E-state index in [1.807, 2.05) is 0 Å². The van der Waals surface area contributed by atoms with Gasteiger partial charge >= 0.3 is 0 Å². The van der Waals surface area contributed by atoms with Crippen molar-refractivity contribution in [1.29, 1.82) is 0 Å². The molecule has 1 fully saturated rings. The number of rotatable bonds is 6. The summed E-state index contributed by atoms with van der Waals surface area (Å²) >= 11 is 0. The Morgan fingerprint density at radius 1 is 1.46 bits per heavy atom. The molecule has 0 saturated heterocycles. The van der Waals surface area contributed by atoms with Crippen LogP contribution in [0, 0.1) is 11.8 Å². The van der Waals surface area contributed by atoms with Crippen LogP contribution in [0.4, 0.5) is 0 Å². The van der Waals surface area contributed by atoms with Crippen molar-refractivity contribution in [3.8, 4) is 0 Å². The van der Waals surface area contributed by atoms with E-state index in [1.165, 1.54) is 19.3 Å². The van der Waals surface area contributed by atoms with E-state index in [-0.39, 0.29) is 5.91 Å². The molecule has 0 aromatic rings. The molecule has 1 amide bonds. The molecule has 3 heteroatoms. The van der Waals surface area contributed by atoms with Crippen LogP contribution in [0.15, 0.2) is 0 Å². The monoisotopic (exact) mass is 184 g/mol. The highest BCUT2D eigenvalue weighted by molar-refractivity contribution is 5.81.